The van der Waals surface area contributed by atoms with Crippen molar-refractivity contribution < 1.29 is 4.79 Å². The van der Waals surface area contributed by atoms with Gasteiger partial charge in [0.2, 0.25) is 0 Å². The lowest BCUT2D eigenvalue weighted by Gasteiger charge is -2.08. The van der Waals surface area contributed by atoms with Gasteiger partial charge in [0.25, 0.3) is 5.91 Å². The molecule has 1 amide bonds. The van der Waals surface area contributed by atoms with Gasteiger partial charge >= 0.3 is 0 Å². The fraction of sp³-hybridized carbons (Fsp3) is 0.143. The van der Waals surface area contributed by atoms with Crippen LogP contribution in [0, 0.1) is 0 Å². The zero-order chi connectivity index (χ0) is 14.5. The van der Waals surface area contributed by atoms with Gasteiger partial charge in [-0.25, -0.2) is 4.98 Å². The molecule has 1 heterocycles. The molecule has 0 radical (unpaired) electrons. The molecule has 0 saturated heterocycles. The Kier molecular flexibility index (Phi) is 4.98. The number of hydrogen-bond donors (Lipinski definition) is 2. The second-order valence-corrected chi connectivity index (χ2v) is 5.34. The molecule has 0 spiro atoms. The first-order valence-electron chi connectivity index (χ1n) is 6.07. The quantitative estimate of drug-likeness (QED) is 0.866. The summed E-state index contributed by atoms with van der Waals surface area (Å²) in [6.45, 7) is 2.68. The molecule has 6 heteroatoms. The van der Waals surface area contributed by atoms with E-state index in [9.17, 15) is 4.79 Å². The van der Waals surface area contributed by atoms with Crippen molar-refractivity contribution in [1.82, 2.24) is 4.98 Å². The number of anilines is 2. The Bertz CT molecular complexity index is 616. The summed E-state index contributed by atoms with van der Waals surface area (Å²) in [5.41, 5.74) is 0.887. The van der Waals surface area contributed by atoms with Crippen molar-refractivity contribution in [2.24, 2.45) is 0 Å². The van der Waals surface area contributed by atoms with E-state index in [-0.39, 0.29) is 11.6 Å². The molecule has 0 bridgehead atoms. The Hall–Kier alpha value is -1.59. The molecular weight excluding hydrogens is 342 g/mol. The van der Waals surface area contributed by atoms with E-state index in [1.165, 1.54) is 0 Å². The van der Waals surface area contributed by atoms with E-state index in [1.54, 1.807) is 24.3 Å². The van der Waals surface area contributed by atoms with E-state index in [2.05, 4.69) is 31.5 Å². The fourth-order valence-corrected chi connectivity index (χ4v) is 2.06. The van der Waals surface area contributed by atoms with E-state index < -0.39 is 0 Å². The molecule has 0 saturated carbocycles. The number of carbonyl (C=O) groups excluding carboxylic acids is 1. The lowest BCUT2D eigenvalue weighted by Crippen LogP contribution is -2.15. The highest BCUT2D eigenvalue weighted by Crippen LogP contribution is 2.19. The molecule has 4 nitrogen and oxygen atoms in total. The van der Waals surface area contributed by atoms with Gasteiger partial charge in [0.05, 0.1) is 5.02 Å². The number of carbonyl (C=O) groups is 1. The zero-order valence-corrected chi connectivity index (χ0v) is 13.1. The second-order valence-electron chi connectivity index (χ2n) is 4.02. The lowest BCUT2D eigenvalue weighted by molar-refractivity contribution is 0.102. The summed E-state index contributed by atoms with van der Waals surface area (Å²) in [6, 6.07) is 10.7. The smallest absolute Gasteiger partial charge is 0.275 e. The zero-order valence-electron chi connectivity index (χ0n) is 10.8. The maximum absolute atomic E-state index is 12.2. The summed E-state index contributed by atoms with van der Waals surface area (Å²) in [5, 5.41) is 6.13. The minimum absolute atomic E-state index is 0.202. The summed E-state index contributed by atoms with van der Waals surface area (Å²) in [7, 11) is 0. The summed E-state index contributed by atoms with van der Waals surface area (Å²) < 4.78 is 0.945. The first-order chi connectivity index (χ1) is 9.60. The van der Waals surface area contributed by atoms with Crippen molar-refractivity contribution in [3.8, 4) is 0 Å². The van der Waals surface area contributed by atoms with Crippen LogP contribution in [0.2, 0.25) is 5.02 Å². The van der Waals surface area contributed by atoms with Gasteiger partial charge in [0.1, 0.15) is 11.5 Å². The summed E-state index contributed by atoms with van der Waals surface area (Å²) >= 11 is 9.36. The van der Waals surface area contributed by atoms with E-state index in [0.29, 0.717) is 16.5 Å². The number of amides is 1. The van der Waals surface area contributed by atoms with Gasteiger partial charge in [-0.15, -0.1) is 0 Å². The number of halogens is 2. The molecule has 104 valence electrons. The lowest BCUT2D eigenvalue weighted by atomic mass is 10.3. The standard InChI is InChI=1S/C14H13BrClN3O/c1-2-17-12-8-7-11(16)13(19-12)14(20)18-10-5-3-9(15)4-6-10/h3-8H,2H2,1H3,(H,17,19)(H,18,20). The van der Waals surface area contributed by atoms with Gasteiger partial charge in [-0.1, -0.05) is 27.5 Å². The maximum atomic E-state index is 12.2. The van der Waals surface area contributed by atoms with Crippen molar-refractivity contribution in [3.63, 3.8) is 0 Å². The first-order valence-corrected chi connectivity index (χ1v) is 7.24. The predicted octanol–water partition coefficient (Wildman–Crippen LogP) is 4.18. The van der Waals surface area contributed by atoms with Crippen LogP contribution in [-0.4, -0.2) is 17.4 Å². The van der Waals surface area contributed by atoms with Gasteiger partial charge in [-0.05, 0) is 43.3 Å². The molecule has 0 unspecified atom stereocenters. The molecular formula is C14H13BrClN3O. The Morgan fingerprint density at radius 2 is 1.95 bits per heavy atom. The van der Waals surface area contributed by atoms with Gasteiger partial charge in [0, 0.05) is 16.7 Å². The minimum atomic E-state index is -0.336. The number of pyridine rings is 1. The van der Waals surface area contributed by atoms with Gasteiger partial charge in [-0.2, -0.15) is 0 Å². The topological polar surface area (TPSA) is 54.0 Å². The van der Waals surface area contributed by atoms with Gasteiger partial charge < -0.3 is 10.6 Å². The Balaban J connectivity index is 2.19. The van der Waals surface area contributed by atoms with E-state index >= 15 is 0 Å². The molecule has 1 aromatic heterocycles. The van der Waals surface area contributed by atoms with E-state index in [4.69, 9.17) is 11.6 Å². The SMILES string of the molecule is CCNc1ccc(Cl)c(C(=O)Nc2ccc(Br)cc2)n1. The predicted molar refractivity (Wildman–Crippen MR) is 85.5 cm³/mol. The van der Waals surface area contributed by atoms with E-state index in [0.717, 1.165) is 11.0 Å². The van der Waals surface area contributed by atoms with Crippen LogP contribution in [0.15, 0.2) is 40.9 Å². The monoisotopic (exact) mass is 353 g/mol. The number of rotatable bonds is 4. The van der Waals surface area contributed by atoms with Gasteiger partial charge in [0.15, 0.2) is 0 Å². The number of nitrogens with one attached hydrogen (secondary N) is 2. The molecule has 2 rings (SSSR count). The van der Waals surface area contributed by atoms with E-state index in [1.807, 2.05) is 19.1 Å². The number of nitrogens with zero attached hydrogens (tertiary/aromatic N) is 1. The number of benzene rings is 1. The van der Waals surface area contributed by atoms with Crippen molar-refractivity contribution >= 4 is 44.9 Å². The highest BCUT2D eigenvalue weighted by atomic mass is 79.9. The van der Waals surface area contributed by atoms with Crippen LogP contribution in [0.1, 0.15) is 17.4 Å². The minimum Gasteiger partial charge on any atom is -0.370 e. The van der Waals surface area contributed by atoms with Crippen molar-refractivity contribution in [1.29, 1.82) is 0 Å². The normalized spacial score (nSPS) is 10.2. The Morgan fingerprint density at radius 1 is 1.25 bits per heavy atom. The van der Waals surface area contributed by atoms with Crippen LogP contribution in [0.25, 0.3) is 0 Å². The Labute approximate surface area is 130 Å². The molecule has 2 N–H and O–H groups in total. The highest BCUT2D eigenvalue weighted by Gasteiger charge is 2.13. The average Bonchev–Trinajstić information content (AvgIpc) is 2.43. The van der Waals surface area contributed by atoms with Crippen molar-refractivity contribution in [3.05, 3.63) is 51.6 Å². The largest absolute Gasteiger partial charge is 0.370 e. The third kappa shape index (κ3) is 3.71. The third-order valence-electron chi connectivity index (χ3n) is 2.52. The summed E-state index contributed by atoms with van der Waals surface area (Å²) in [5.74, 6) is 0.287. The average molecular weight is 355 g/mol. The van der Waals surface area contributed by atoms with Crippen LogP contribution < -0.4 is 10.6 Å². The van der Waals surface area contributed by atoms with Crippen LogP contribution in [0.4, 0.5) is 11.5 Å². The first kappa shape index (κ1) is 14.8. The molecule has 0 fully saturated rings. The molecule has 2 aromatic rings. The van der Waals surface area contributed by atoms with Crippen molar-refractivity contribution in [2.45, 2.75) is 6.92 Å². The van der Waals surface area contributed by atoms with Crippen molar-refractivity contribution in [2.75, 3.05) is 17.2 Å². The number of aromatic nitrogens is 1. The van der Waals surface area contributed by atoms with Crippen LogP contribution in [-0.2, 0) is 0 Å². The molecule has 1 aromatic carbocycles. The number of hydrogen-bond acceptors (Lipinski definition) is 3. The third-order valence-corrected chi connectivity index (χ3v) is 3.35. The molecule has 0 aliphatic heterocycles. The molecule has 20 heavy (non-hydrogen) atoms. The van der Waals surface area contributed by atoms with Crippen LogP contribution >= 0.6 is 27.5 Å². The fourth-order valence-electron chi connectivity index (χ4n) is 1.60. The molecule has 0 aliphatic rings. The molecule has 0 atom stereocenters. The summed E-state index contributed by atoms with van der Waals surface area (Å²) in [4.78, 5) is 16.4. The Morgan fingerprint density at radius 3 is 2.60 bits per heavy atom. The molecule has 0 aliphatic carbocycles. The highest BCUT2D eigenvalue weighted by molar-refractivity contribution is 9.10. The maximum Gasteiger partial charge on any atom is 0.275 e. The second kappa shape index (κ2) is 6.72. The van der Waals surface area contributed by atoms with Crippen LogP contribution in [0.5, 0.6) is 0 Å². The van der Waals surface area contributed by atoms with Crippen LogP contribution in [0.3, 0.4) is 0 Å². The van der Waals surface area contributed by atoms with Gasteiger partial charge in [-0.3, -0.25) is 4.79 Å². The summed E-state index contributed by atoms with van der Waals surface area (Å²) in [6.07, 6.45) is 0.